The average molecular weight is 210 g/mol. The number of nitrogens with one attached hydrogen (secondary N) is 1. The lowest BCUT2D eigenvalue weighted by atomic mass is 10.1. The topological polar surface area (TPSA) is 49.4 Å². The van der Waals surface area contributed by atoms with E-state index < -0.39 is 0 Å². The summed E-state index contributed by atoms with van der Waals surface area (Å²) in [5.41, 5.74) is 0. The number of hydrogen-bond acceptors (Lipinski definition) is 3. The van der Waals surface area contributed by atoms with Crippen molar-refractivity contribution >= 4 is 11.7 Å². The molecule has 15 heavy (non-hydrogen) atoms. The molecule has 2 rings (SSSR count). The van der Waals surface area contributed by atoms with Crippen LogP contribution in [0.2, 0.25) is 0 Å². The van der Waals surface area contributed by atoms with E-state index >= 15 is 0 Å². The van der Waals surface area contributed by atoms with Gasteiger partial charge in [0.05, 0.1) is 6.04 Å². The van der Waals surface area contributed by atoms with E-state index in [1.165, 1.54) is 0 Å². The van der Waals surface area contributed by atoms with Crippen LogP contribution in [0.25, 0.3) is 0 Å². The Kier molecular flexibility index (Phi) is 3.05. The molecule has 2 aliphatic rings. The summed E-state index contributed by atoms with van der Waals surface area (Å²) in [5, 5.41) is 2.71. The number of rotatable bonds is 2. The highest BCUT2D eigenvalue weighted by atomic mass is 16.2. The lowest BCUT2D eigenvalue weighted by Crippen LogP contribution is -2.46. The Morgan fingerprint density at radius 3 is 2.87 bits per heavy atom. The molecule has 1 N–H and O–H groups in total. The van der Waals surface area contributed by atoms with Gasteiger partial charge in [-0.3, -0.25) is 14.5 Å². The Morgan fingerprint density at radius 2 is 2.27 bits per heavy atom. The summed E-state index contributed by atoms with van der Waals surface area (Å²) in [6.07, 6.45) is 4.29. The third kappa shape index (κ3) is 2.04. The molecule has 1 saturated heterocycles. The van der Waals surface area contributed by atoms with Gasteiger partial charge in [-0.15, -0.1) is 0 Å². The second kappa shape index (κ2) is 4.31. The Balaban J connectivity index is 2.01. The molecule has 2 atom stereocenters. The van der Waals surface area contributed by atoms with E-state index in [0.29, 0.717) is 24.7 Å². The SMILES string of the molecule is CNC(=O)C1CCCN1C1CCC(=O)C1. The zero-order valence-electron chi connectivity index (χ0n) is 9.16. The lowest BCUT2D eigenvalue weighted by molar-refractivity contribution is -0.126. The Labute approximate surface area is 90.0 Å². The van der Waals surface area contributed by atoms with Gasteiger partial charge in [0.1, 0.15) is 5.78 Å². The standard InChI is InChI=1S/C11H18N2O2/c1-12-11(15)10-3-2-6-13(10)8-4-5-9(14)7-8/h8,10H,2-7H2,1H3,(H,12,15). The number of ketones is 1. The molecule has 84 valence electrons. The van der Waals surface area contributed by atoms with Crippen LogP contribution in [0.3, 0.4) is 0 Å². The second-order valence-corrected chi connectivity index (χ2v) is 4.45. The maximum atomic E-state index is 11.6. The van der Waals surface area contributed by atoms with E-state index in [1.54, 1.807) is 7.05 Å². The van der Waals surface area contributed by atoms with Crippen LogP contribution in [0.15, 0.2) is 0 Å². The average Bonchev–Trinajstić information content (AvgIpc) is 2.84. The molecule has 1 saturated carbocycles. The fourth-order valence-electron chi connectivity index (χ4n) is 2.75. The van der Waals surface area contributed by atoms with Gasteiger partial charge in [0.2, 0.25) is 5.91 Å². The predicted molar refractivity (Wildman–Crippen MR) is 56.4 cm³/mol. The van der Waals surface area contributed by atoms with Crippen LogP contribution in [0.1, 0.15) is 32.1 Å². The number of carbonyl (C=O) groups excluding carboxylic acids is 2. The van der Waals surface area contributed by atoms with Gasteiger partial charge in [-0.2, -0.15) is 0 Å². The fourth-order valence-corrected chi connectivity index (χ4v) is 2.75. The summed E-state index contributed by atoms with van der Waals surface area (Å²) in [7, 11) is 1.68. The van der Waals surface area contributed by atoms with Crippen molar-refractivity contribution in [1.82, 2.24) is 10.2 Å². The number of carbonyl (C=O) groups is 2. The molecule has 0 radical (unpaired) electrons. The van der Waals surface area contributed by atoms with E-state index in [2.05, 4.69) is 10.2 Å². The number of Topliss-reactive ketones (excluding diaryl/α,β-unsaturated/α-hetero) is 1. The van der Waals surface area contributed by atoms with Crippen LogP contribution in [-0.4, -0.2) is 42.3 Å². The molecular formula is C11H18N2O2. The molecule has 4 nitrogen and oxygen atoms in total. The van der Waals surface area contributed by atoms with Crippen molar-refractivity contribution in [3.05, 3.63) is 0 Å². The number of hydrogen-bond donors (Lipinski definition) is 1. The summed E-state index contributed by atoms with van der Waals surface area (Å²) in [4.78, 5) is 25.1. The molecule has 1 aliphatic carbocycles. The van der Waals surface area contributed by atoms with Crippen LogP contribution < -0.4 is 5.32 Å². The molecule has 1 amide bonds. The highest BCUT2D eigenvalue weighted by Crippen LogP contribution is 2.28. The van der Waals surface area contributed by atoms with Crippen LogP contribution >= 0.6 is 0 Å². The smallest absolute Gasteiger partial charge is 0.237 e. The number of likely N-dealkylation sites (tertiary alicyclic amines) is 1. The van der Waals surface area contributed by atoms with Gasteiger partial charge in [-0.05, 0) is 25.8 Å². The Morgan fingerprint density at radius 1 is 1.47 bits per heavy atom. The van der Waals surface area contributed by atoms with Crippen molar-refractivity contribution < 1.29 is 9.59 Å². The van der Waals surface area contributed by atoms with Gasteiger partial charge in [0, 0.05) is 25.9 Å². The number of amides is 1. The normalized spacial score (nSPS) is 32.2. The maximum absolute atomic E-state index is 11.6. The first-order valence-corrected chi connectivity index (χ1v) is 5.71. The molecule has 0 spiro atoms. The van der Waals surface area contributed by atoms with Gasteiger partial charge in [0.15, 0.2) is 0 Å². The molecule has 1 aliphatic heterocycles. The van der Waals surface area contributed by atoms with E-state index in [4.69, 9.17) is 0 Å². The van der Waals surface area contributed by atoms with Crippen molar-refractivity contribution in [1.29, 1.82) is 0 Å². The van der Waals surface area contributed by atoms with Gasteiger partial charge >= 0.3 is 0 Å². The molecule has 1 heterocycles. The molecule has 0 bridgehead atoms. The highest BCUT2D eigenvalue weighted by Gasteiger charge is 2.37. The first-order chi connectivity index (χ1) is 7.22. The minimum Gasteiger partial charge on any atom is -0.358 e. The van der Waals surface area contributed by atoms with Crippen LogP contribution in [-0.2, 0) is 9.59 Å². The van der Waals surface area contributed by atoms with Crippen LogP contribution in [0.4, 0.5) is 0 Å². The second-order valence-electron chi connectivity index (χ2n) is 4.45. The van der Waals surface area contributed by atoms with Gasteiger partial charge in [0.25, 0.3) is 0 Å². The fraction of sp³-hybridized carbons (Fsp3) is 0.818. The lowest BCUT2D eigenvalue weighted by Gasteiger charge is -2.28. The van der Waals surface area contributed by atoms with E-state index in [1.807, 2.05) is 0 Å². The highest BCUT2D eigenvalue weighted by molar-refractivity contribution is 5.83. The first kappa shape index (κ1) is 10.6. The molecular weight excluding hydrogens is 192 g/mol. The summed E-state index contributed by atoms with van der Waals surface area (Å²) >= 11 is 0. The minimum absolute atomic E-state index is 0.00546. The minimum atomic E-state index is 0.00546. The monoisotopic (exact) mass is 210 g/mol. The van der Waals surface area contributed by atoms with E-state index in [9.17, 15) is 9.59 Å². The molecule has 0 aromatic carbocycles. The van der Waals surface area contributed by atoms with Crippen molar-refractivity contribution in [2.45, 2.75) is 44.2 Å². The molecule has 2 fully saturated rings. The summed E-state index contributed by atoms with van der Waals surface area (Å²) in [6, 6.07) is 0.327. The summed E-state index contributed by atoms with van der Waals surface area (Å²) in [6.45, 7) is 0.968. The number of nitrogens with zero attached hydrogens (tertiary/aromatic N) is 1. The maximum Gasteiger partial charge on any atom is 0.237 e. The third-order valence-electron chi connectivity index (χ3n) is 3.53. The largest absolute Gasteiger partial charge is 0.358 e. The van der Waals surface area contributed by atoms with E-state index in [0.717, 1.165) is 25.8 Å². The van der Waals surface area contributed by atoms with Crippen molar-refractivity contribution in [3.63, 3.8) is 0 Å². The quantitative estimate of drug-likeness (QED) is 0.714. The van der Waals surface area contributed by atoms with E-state index in [-0.39, 0.29) is 11.9 Å². The van der Waals surface area contributed by atoms with Gasteiger partial charge in [-0.25, -0.2) is 0 Å². The first-order valence-electron chi connectivity index (χ1n) is 5.71. The van der Waals surface area contributed by atoms with Crippen molar-refractivity contribution in [2.75, 3.05) is 13.6 Å². The Hall–Kier alpha value is -0.900. The third-order valence-corrected chi connectivity index (χ3v) is 3.53. The summed E-state index contributed by atoms with van der Waals surface area (Å²) < 4.78 is 0. The van der Waals surface area contributed by atoms with Gasteiger partial charge in [-0.1, -0.05) is 0 Å². The molecule has 0 aromatic heterocycles. The van der Waals surface area contributed by atoms with Crippen LogP contribution in [0.5, 0.6) is 0 Å². The molecule has 4 heteroatoms. The Bertz CT molecular complexity index is 278. The van der Waals surface area contributed by atoms with Crippen molar-refractivity contribution in [2.24, 2.45) is 0 Å². The van der Waals surface area contributed by atoms with Crippen molar-refractivity contribution in [3.8, 4) is 0 Å². The molecule has 0 aromatic rings. The predicted octanol–water partition coefficient (Wildman–Crippen LogP) is 0.318. The molecule has 2 unspecified atom stereocenters. The van der Waals surface area contributed by atoms with Gasteiger partial charge < -0.3 is 5.32 Å². The zero-order valence-corrected chi connectivity index (χ0v) is 9.16. The zero-order chi connectivity index (χ0) is 10.8. The van der Waals surface area contributed by atoms with Crippen LogP contribution in [0, 0.1) is 0 Å². The number of likely N-dealkylation sites (N-methyl/N-ethyl adjacent to an activating group) is 1. The summed E-state index contributed by atoms with van der Waals surface area (Å²) in [5.74, 6) is 0.453.